The molecule has 0 rings (SSSR count). The van der Waals surface area contributed by atoms with E-state index in [4.69, 9.17) is 16.7 Å². The van der Waals surface area contributed by atoms with Crippen LogP contribution >= 0.6 is 0 Å². The lowest BCUT2D eigenvalue weighted by Crippen LogP contribution is -2.21. The van der Waals surface area contributed by atoms with Crippen LogP contribution in [0.25, 0.3) is 0 Å². The second-order valence-electron chi connectivity index (χ2n) is 1.04. The summed E-state index contributed by atoms with van der Waals surface area (Å²) in [5.74, 6) is -0.197. The van der Waals surface area contributed by atoms with E-state index in [0.29, 0.717) is 0 Å². The van der Waals surface area contributed by atoms with Crippen LogP contribution in [0.3, 0.4) is 0 Å². The van der Waals surface area contributed by atoms with Crippen molar-refractivity contribution in [3.8, 4) is 6.19 Å². The van der Waals surface area contributed by atoms with Gasteiger partial charge in [-0.2, -0.15) is 5.26 Å². The molecule has 5 heteroatoms. The van der Waals surface area contributed by atoms with E-state index in [1.165, 1.54) is 6.19 Å². The van der Waals surface area contributed by atoms with Crippen LogP contribution in [0.4, 0.5) is 0 Å². The van der Waals surface area contributed by atoms with Crippen molar-refractivity contribution < 1.29 is 4.74 Å². The van der Waals surface area contributed by atoms with Gasteiger partial charge in [-0.05, 0) is 0 Å². The van der Waals surface area contributed by atoms with Gasteiger partial charge in [-0.25, -0.2) is 0 Å². The van der Waals surface area contributed by atoms with E-state index in [9.17, 15) is 0 Å². The Hall–Kier alpha value is -1.28. The lowest BCUT2D eigenvalue weighted by molar-refractivity contribution is 0.277. The minimum absolute atomic E-state index is 0.197. The number of guanidine groups is 1. The van der Waals surface area contributed by atoms with Gasteiger partial charge < -0.3 is 16.2 Å². The average Bonchev–Trinajstić information content (AvgIpc) is 1.67. The molecule has 0 heterocycles. The summed E-state index contributed by atoms with van der Waals surface area (Å²) in [5.41, 5.74) is 9.42. The van der Waals surface area contributed by atoms with Crippen LogP contribution in [0.15, 0.2) is 4.99 Å². The van der Waals surface area contributed by atoms with Crippen molar-refractivity contribution in [1.29, 1.82) is 5.26 Å². The van der Waals surface area contributed by atoms with E-state index in [1.54, 1.807) is 14.2 Å². The Morgan fingerprint density at radius 1 is 1.56 bits per heavy atom. The zero-order valence-electron chi connectivity index (χ0n) is 5.46. The molecule has 0 aliphatic carbocycles. The summed E-state index contributed by atoms with van der Waals surface area (Å²) >= 11 is 0. The monoisotopic (exact) mass is 130 g/mol. The predicted molar refractivity (Wildman–Crippen MR) is 34.4 cm³/mol. The fourth-order valence-electron chi connectivity index (χ4n) is 0.0577. The average molecular weight is 130 g/mol. The molecule has 0 saturated carbocycles. The van der Waals surface area contributed by atoms with Crippen LogP contribution in [-0.4, -0.2) is 20.2 Å². The van der Waals surface area contributed by atoms with E-state index in [-0.39, 0.29) is 5.96 Å². The number of aliphatic imine (C=N–C) groups is 1. The zero-order chi connectivity index (χ0) is 7.70. The van der Waals surface area contributed by atoms with E-state index >= 15 is 0 Å². The summed E-state index contributed by atoms with van der Waals surface area (Å²) in [7, 11) is 3.25. The summed E-state index contributed by atoms with van der Waals surface area (Å²) in [5, 5.41) is 7.64. The van der Waals surface area contributed by atoms with Crippen LogP contribution in [0.2, 0.25) is 0 Å². The highest BCUT2D eigenvalue weighted by atomic mass is 16.4. The molecule has 0 aromatic rings. The largest absolute Gasteiger partial charge is 0.388 e. The number of nitriles is 1. The lowest BCUT2D eigenvalue weighted by atomic mass is 11.1. The van der Waals surface area contributed by atoms with Crippen molar-refractivity contribution in [3.05, 3.63) is 0 Å². The minimum atomic E-state index is -0.197. The van der Waals surface area contributed by atoms with E-state index in [0.717, 1.165) is 0 Å². The number of nitrogens with two attached hydrogens (primary N) is 2. The number of rotatable bonds is 0. The normalized spacial score (nSPS) is 5.89. The third-order valence-corrected chi connectivity index (χ3v) is 0.179. The van der Waals surface area contributed by atoms with Crippen molar-refractivity contribution in [2.75, 3.05) is 14.2 Å². The van der Waals surface area contributed by atoms with Gasteiger partial charge >= 0.3 is 0 Å². The molecule has 0 aliphatic rings. The third kappa shape index (κ3) is 50.6. The molecule has 4 N–H and O–H groups in total. The second-order valence-corrected chi connectivity index (χ2v) is 1.04. The third-order valence-electron chi connectivity index (χ3n) is 0.179. The van der Waals surface area contributed by atoms with Crippen molar-refractivity contribution in [2.45, 2.75) is 0 Å². The Morgan fingerprint density at radius 3 is 1.89 bits per heavy atom. The second kappa shape index (κ2) is 9.87. The molecule has 0 amide bonds. The first-order chi connectivity index (χ1) is 4.18. The first-order valence-electron chi connectivity index (χ1n) is 2.06. The number of methoxy groups -OCH3 is 1. The van der Waals surface area contributed by atoms with Gasteiger partial charge in [-0.1, -0.05) is 0 Å². The zero-order valence-corrected chi connectivity index (χ0v) is 5.46. The molecular formula is C4H10N4O. The van der Waals surface area contributed by atoms with Gasteiger partial charge in [0.1, 0.15) is 0 Å². The maximum Gasteiger partial charge on any atom is 0.209 e. The van der Waals surface area contributed by atoms with E-state index in [2.05, 4.69) is 9.73 Å². The van der Waals surface area contributed by atoms with Crippen molar-refractivity contribution in [2.24, 2.45) is 16.5 Å². The molecule has 0 aromatic carbocycles. The molecule has 0 bridgehead atoms. The molecule has 0 atom stereocenters. The molecule has 0 fully saturated rings. The topological polar surface area (TPSA) is 97.4 Å². The Morgan fingerprint density at radius 2 is 1.89 bits per heavy atom. The van der Waals surface area contributed by atoms with Gasteiger partial charge in [0.05, 0.1) is 0 Å². The van der Waals surface area contributed by atoms with Crippen LogP contribution < -0.4 is 11.5 Å². The molecular weight excluding hydrogens is 120 g/mol. The molecule has 52 valence electrons. The molecule has 0 unspecified atom stereocenters. The Labute approximate surface area is 53.9 Å². The highest BCUT2D eigenvalue weighted by Gasteiger charge is 1.67. The van der Waals surface area contributed by atoms with Gasteiger partial charge in [0, 0.05) is 14.2 Å². The Kier molecular flexibility index (Phi) is 11.7. The maximum absolute atomic E-state index is 7.64. The maximum atomic E-state index is 7.64. The molecule has 0 radical (unpaired) electrons. The quantitative estimate of drug-likeness (QED) is 0.250. The number of hydrogen-bond donors (Lipinski definition) is 2. The van der Waals surface area contributed by atoms with E-state index in [1.807, 2.05) is 0 Å². The summed E-state index contributed by atoms with van der Waals surface area (Å²) in [6.45, 7) is 0. The van der Waals surface area contributed by atoms with Crippen LogP contribution in [-0.2, 0) is 4.74 Å². The highest BCUT2D eigenvalue weighted by Crippen LogP contribution is 1.49. The smallest absolute Gasteiger partial charge is 0.209 e. The molecule has 0 aliphatic heterocycles. The fraction of sp³-hybridized carbons (Fsp3) is 0.500. The summed E-state index contributed by atoms with van der Waals surface area (Å²) in [6.07, 6.45) is 1.41. The molecule has 0 spiro atoms. The van der Waals surface area contributed by atoms with Crippen LogP contribution in [0.1, 0.15) is 0 Å². The standard InChI is InChI=1S/C2H4N4.C2H6O/c3-1-6-2(4)5;1-3-2/h(H4,4,5,6);1-2H3. The predicted octanol–water partition coefficient (Wildman–Crippen LogP) is -0.997. The SMILES string of the molecule is COC.N#CN=C(N)N. The van der Waals surface area contributed by atoms with Crippen LogP contribution in [0, 0.1) is 11.5 Å². The van der Waals surface area contributed by atoms with Crippen molar-refractivity contribution in [1.82, 2.24) is 0 Å². The van der Waals surface area contributed by atoms with Gasteiger partial charge in [0.15, 0.2) is 0 Å². The van der Waals surface area contributed by atoms with Crippen LogP contribution in [0.5, 0.6) is 0 Å². The lowest BCUT2D eigenvalue weighted by Gasteiger charge is -1.74. The summed E-state index contributed by atoms with van der Waals surface area (Å²) in [6, 6.07) is 0. The molecule has 9 heavy (non-hydrogen) atoms. The number of nitrogens with zero attached hydrogens (tertiary/aromatic N) is 2. The first kappa shape index (κ1) is 10.7. The fourth-order valence-corrected chi connectivity index (χ4v) is 0.0577. The Balaban J connectivity index is 0. The Bertz CT molecular complexity index is 110. The van der Waals surface area contributed by atoms with Crippen molar-refractivity contribution >= 4 is 5.96 Å². The molecule has 0 aromatic heterocycles. The van der Waals surface area contributed by atoms with E-state index < -0.39 is 0 Å². The highest BCUT2D eigenvalue weighted by molar-refractivity contribution is 5.76. The van der Waals surface area contributed by atoms with Crippen molar-refractivity contribution in [3.63, 3.8) is 0 Å². The van der Waals surface area contributed by atoms with Gasteiger partial charge in [-0.3, -0.25) is 0 Å². The minimum Gasteiger partial charge on any atom is -0.388 e. The summed E-state index contributed by atoms with van der Waals surface area (Å²) in [4.78, 5) is 2.90. The van der Waals surface area contributed by atoms with Gasteiger partial charge in [-0.15, -0.1) is 4.99 Å². The van der Waals surface area contributed by atoms with Gasteiger partial charge in [0.2, 0.25) is 12.2 Å². The first-order valence-corrected chi connectivity index (χ1v) is 2.06. The molecule has 5 nitrogen and oxygen atoms in total. The number of ether oxygens (including phenoxy) is 1. The number of hydrogen-bond acceptors (Lipinski definition) is 3. The van der Waals surface area contributed by atoms with Gasteiger partial charge in [0.25, 0.3) is 0 Å². The summed E-state index contributed by atoms with van der Waals surface area (Å²) < 4.78 is 4.25. The molecule has 0 saturated heterocycles.